The number of benzene rings is 1. The predicted octanol–water partition coefficient (Wildman–Crippen LogP) is 3.40. The summed E-state index contributed by atoms with van der Waals surface area (Å²) < 4.78 is 38.6. The van der Waals surface area contributed by atoms with E-state index in [1.807, 2.05) is 14.1 Å². The molecule has 2 rings (SSSR count). The second-order valence-corrected chi connectivity index (χ2v) is 5.35. The highest BCUT2D eigenvalue weighted by atomic mass is 19.4. The van der Waals surface area contributed by atoms with Gasteiger partial charge in [-0.2, -0.15) is 13.2 Å². The third-order valence-electron chi connectivity index (χ3n) is 3.18. The summed E-state index contributed by atoms with van der Waals surface area (Å²) in [5, 5.41) is 3.60. The standard InChI is InChI=1S/C15H19F3N4/c1-22(2)10-6-5-9-19-13-11-7-3-4-8-12(11)20-14(21-13)15(16,17)18/h3-4,7-8H,5-6,9-10H2,1-2H3,(H,19,20,21). The Balaban J connectivity index is 2.16. The Kier molecular flexibility index (Phi) is 5.18. The van der Waals surface area contributed by atoms with Gasteiger partial charge in [-0.25, -0.2) is 9.97 Å². The van der Waals surface area contributed by atoms with Crippen LogP contribution in [0.4, 0.5) is 19.0 Å². The van der Waals surface area contributed by atoms with E-state index in [1.54, 1.807) is 24.3 Å². The molecule has 1 aromatic heterocycles. The third-order valence-corrected chi connectivity index (χ3v) is 3.18. The molecule has 120 valence electrons. The van der Waals surface area contributed by atoms with Gasteiger partial charge in [-0.1, -0.05) is 12.1 Å². The van der Waals surface area contributed by atoms with Crippen molar-refractivity contribution in [1.29, 1.82) is 0 Å². The summed E-state index contributed by atoms with van der Waals surface area (Å²) in [6.07, 6.45) is -2.72. The highest BCUT2D eigenvalue weighted by Crippen LogP contribution is 2.30. The first-order chi connectivity index (χ1) is 10.4. The van der Waals surface area contributed by atoms with Crippen LogP contribution in [-0.2, 0) is 6.18 Å². The van der Waals surface area contributed by atoms with Gasteiger partial charge < -0.3 is 10.2 Å². The van der Waals surface area contributed by atoms with Crippen LogP contribution in [0.3, 0.4) is 0 Å². The number of unbranched alkanes of at least 4 members (excludes halogenated alkanes) is 1. The van der Waals surface area contributed by atoms with E-state index in [0.29, 0.717) is 17.4 Å². The van der Waals surface area contributed by atoms with Gasteiger partial charge in [0.1, 0.15) is 5.82 Å². The molecular formula is C15H19F3N4. The zero-order chi connectivity index (χ0) is 16.2. The van der Waals surface area contributed by atoms with Crippen LogP contribution < -0.4 is 5.32 Å². The van der Waals surface area contributed by atoms with E-state index in [9.17, 15) is 13.2 Å². The van der Waals surface area contributed by atoms with Gasteiger partial charge in [0.25, 0.3) is 0 Å². The smallest absolute Gasteiger partial charge is 0.369 e. The van der Waals surface area contributed by atoms with E-state index in [0.717, 1.165) is 19.4 Å². The molecule has 0 unspecified atom stereocenters. The van der Waals surface area contributed by atoms with Gasteiger partial charge in [-0.15, -0.1) is 0 Å². The van der Waals surface area contributed by atoms with Crippen molar-refractivity contribution in [3.05, 3.63) is 30.1 Å². The number of alkyl halides is 3. The lowest BCUT2D eigenvalue weighted by molar-refractivity contribution is -0.144. The molecule has 0 radical (unpaired) electrons. The Morgan fingerprint density at radius 3 is 2.50 bits per heavy atom. The highest BCUT2D eigenvalue weighted by molar-refractivity contribution is 5.89. The van der Waals surface area contributed by atoms with Gasteiger partial charge in [0.2, 0.25) is 5.82 Å². The van der Waals surface area contributed by atoms with E-state index >= 15 is 0 Å². The van der Waals surface area contributed by atoms with Crippen LogP contribution in [-0.4, -0.2) is 42.1 Å². The number of aromatic nitrogens is 2. The summed E-state index contributed by atoms with van der Waals surface area (Å²) >= 11 is 0. The van der Waals surface area contributed by atoms with Crippen molar-refractivity contribution in [2.45, 2.75) is 19.0 Å². The average Bonchev–Trinajstić information content (AvgIpc) is 2.45. The SMILES string of the molecule is CN(C)CCCCNc1nc(C(F)(F)F)nc2ccccc12. The maximum absolute atomic E-state index is 12.9. The summed E-state index contributed by atoms with van der Waals surface area (Å²) in [4.78, 5) is 9.31. The first-order valence-corrected chi connectivity index (χ1v) is 7.10. The van der Waals surface area contributed by atoms with Crippen LogP contribution in [0.1, 0.15) is 18.7 Å². The molecule has 0 spiro atoms. The number of anilines is 1. The maximum atomic E-state index is 12.9. The van der Waals surface area contributed by atoms with Gasteiger partial charge >= 0.3 is 6.18 Å². The van der Waals surface area contributed by atoms with Gasteiger partial charge in [0.05, 0.1) is 5.52 Å². The Morgan fingerprint density at radius 2 is 1.82 bits per heavy atom. The van der Waals surface area contributed by atoms with Crippen molar-refractivity contribution in [1.82, 2.24) is 14.9 Å². The monoisotopic (exact) mass is 312 g/mol. The fourth-order valence-corrected chi connectivity index (χ4v) is 2.10. The second kappa shape index (κ2) is 6.91. The summed E-state index contributed by atoms with van der Waals surface area (Å²) in [6.45, 7) is 1.52. The van der Waals surface area contributed by atoms with E-state index in [4.69, 9.17) is 0 Å². The molecular weight excluding hydrogens is 293 g/mol. The molecule has 0 saturated carbocycles. The predicted molar refractivity (Wildman–Crippen MR) is 80.8 cm³/mol. The number of hydrogen-bond acceptors (Lipinski definition) is 4. The lowest BCUT2D eigenvalue weighted by Crippen LogP contribution is -2.16. The molecule has 7 heteroatoms. The van der Waals surface area contributed by atoms with Crippen molar-refractivity contribution in [2.24, 2.45) is 0 Å². The van der Waals surface area contributed by atoms with Crippen LogP contribution in [0, 0.1) is 0 Å². The molecule has 1 heterocycles. The Labute approximate surface area is 127 Å². The molecule has 1 N–H and O–H groups in total. The first kappa shape index (κ1) is 16.5. The summed E-state index contributed by atoms with van der Waals surface area (Å²) in [6, 6.07) is 6.70. The van der Waals surface area contributed by atoms with Crippen LogP contribution in [0.15, 0.2) is 24.3 Å². The third kappa shape index (κ3) is 4.30. The number of nitrogens with zero attached hydrogens (tertiary/aromatic N) is 3. The molecule has 4 nitrogen and oxygen atoms in total. The topological polar surface area (TPSA) is 41.0 Å². The molecule has 0 aliphatic heterocycles. The summed E-state index contributed by atoms with van der Waals surface area (Å²) in [5.41, 5.74) is 0.292. The average molecular weight is 312 g/mol. The van der Waals surface area contributed by atoms with Gasteiger partial charge in [-0.05, 0) is 45.6 Å². The van der Waals surface area contributed by atoms with Crippen molar-refractivity contribution in [3.8, 4) is 0 Å². The van der Waals surface area contributed by atoms with Gasteiger partial charge in [0.15, 0.2) is 0 Å². The van der Waals surface area contributed by atoms with E-state index < -0.39 is 12.0 Å². The zero-order valence-corrected chi connectivity index (χ0v) is 12.6. The quantitative estimate of drug-likeness (QED) is 0.830. The fraction of sp³-hybridized carbons (Fsp3) is 0.467. The van der Waals surface area contributed by atoms with Crippen LogP contribution in [0.5, 0.6) is 0 Å². The number of hydrogen-bond donors (Lipinski definition) is 1. The Hall–Kier alpha value is -1.89. The molecule has 22 heavy (non-hydrogen) atoms. The summed E-state index contributed by atoms with van der Waals surface area (Å²) in [7, 11) is 3.97. The maximum Gasteiger partial charge on any atom is 0.451 e. The van der Waals surface area contributed by atoms with Gasteiger partial charge in [0, 0.05) is 11.9 Å². The Bertz CT molecular complexity index is 626. The molecule has 0 atom stereocenters. The second-order valence-electron chi connectivity index (χ2n) is 5.35. The first-order valence-electron chi connectivity index (χ1n) is 7.10. The van der Waals surface area contributed by atoms with Crippen molar-refractivity contribution >= 4 is 16.7 Å². The molecule has 0 aliphatic carbocycles. The molecule has 0 amide bonds. The largest absolute Gasteiger partial charge is 0.451 e. The normalized spacial score (nSPS) is 12.1. The van der Waals surface area contributed by atoms with Crippen LogP contribution in [0.25, 0.3) is 10.9 Å². The highest BCUT2D eigenvalue weighted by Gasteiger charge is 2.35. The van der Waals surface area contributed by atoms with E-state index in [-0.39, 0.29) is 5.82 Å². The van der Waals surface area contributed by atoms with Crippen molar-refractivity contribution in [2.75, 3.05) is 32.5 Å². The molecule has 0 aliphatic rings. The minimum Gasteiger partial charge on any atom is -0.369 e. The number of para-hydroxylation sites is 1. The zero-order valence-electron chi connectivity index (χ0n) is 12.6. The lowest BCUT2D eigenvalue weighted by Gasteiger charge is -2.13. The molecule has 0 bridgehead atoms. The minimum atomic E-state index is -4.55. The number of rotatable bonds is 6. The lowest BCUT2D eigenvalue weighted by atomic mass is 10.2. The van der Waals surface area contributed by atoms with Crippen molar-refractivity contribution in [3.63, 3.8) is 0 Å². The minimum absolute atomic E-state index is 0.239. The molecule has 1 aromatic carbocycles. The Morgan fingerprint density at radius 1 is 1.09 bits per heavy atom. The number of nitrogens with one attached hydrogen (secondary N) is 1. The fourth-order valence-electron chi connectivity index (χ4n) is 2.10. The molecule has 2 aromatic rings. The van der Waals surface area contributed by atoms with E-state index in [2.05, 4.69) is 20.2 Å². The molecule has 0 fully saturated rings. The van der Waals surface area contributed by atoms with E-state index in [1.165, 1.54) is 0 Å². The van der Waals surface area contributed by atoms with Crippen LogP contribution in [0.2, 0.25) is 0 Å². The summed E-state index contributed by atoms with van der Waals surface area (Å²) in [5.74, 6) is -0.871. The molecule has 0 saturated heterocycles. The van der Waals surface area contributed by atoms with Gasteiger partial charge in [-0.3, -0.25) is 0 Å². The number of fused-ring (bicyclic) bond motifs is 1. The van der Waals surface area contributed by atoms with Crippen LogP contribution >= 0.6 is 0 Å². The number of halogens is 3. The van der Waals surface area contributed by atoms with Crippen molar-refractivity contribution < 1.29 is 13.2 Å².